The minimum Gasteiger partial charge on any atom is -0.481 e. The summed E-state index contributed by atoms with van der Waals surface area (Å²) in [7, 11) is 0. The third kappa shape index (κ3) is 5.51. The lowest BCUT2D eigenvalue weighted by atomic mass is 9.81. The molecule has 0 aromatic heterocycles. The van der Waals surface area contributed by atoms with Gasteiger partial charge in [-0.1, -0.05) is 24.3 Å². The fraction of sp³-hybridized carbons (Fsp3) is 0.458. The van der Waals surface area contributed by atoms with Gasteiger partial charge in [0.25, 0.3) is 0 Å². The number of likely N-dealkylation sites (tertiary alicyclic amines) is 1. The third-order valence-electron chi connectivity index (χ3n) is 6.72. The molecule has 0 bridgehead atoms. The highest BCUT2D eigenvalue weighted by Crippen LogP contribution is 2.49. The van der Waals surface area contributed by atoms with Gasteiger partial charge in [-0.05, 0) is 66.0 Å². The van der Waals surface area contributed by atoms with Gasteiger partial charge in [0, 0.05) is 19.6 Å². The number of benzene rings is 2. The average molecular weight is 471 g/mol. The first-order valence-electron chi connectivity index (χ1n) is 10.7. The van der Waals surface area contributed by atoms with Crippen molar-refractivity contribution in [2.45, 2.75) is 37.7 Å². The second-order valence-electron chi connectivity index (χ2n) is 9.05. The zero-order valence-corrected chi connectivity index (χ0v) is 17.5. The van der Waals surface area contributed by atoms with Crippen molar-refractivity contribution in [3.05, 3.63) is 70.8 Å². The molecule has 4 atom stereocenters. The molecule has 1 aliphatic carbocycles. The molecular formula is C24H23F6NO2. The van der Waals surface area contributed by atoms with Gasteiger partial charge >= 0.3 is 18.3 Å². The van der Waals surface area contributed by atoms with Gasteiger partial charge in [0.15, 0.2) is 0 Å². The smallest absolute Gasteiger partial charge is 0.416 e. The zero-order valence-electron chi connectivity index (χ0n) is 17.5. The van der Waals surface area contributed by atoms with Crippen LogP contribution in [-0.2, 0) is 23.7 Å². The maximum absolute atomic E-state index is 12.9. The van der Waals surface area contributed by atoms with E-state index in [-0.39, 0.29) is 17.8 Å². The van der Waals surface area contributed by atoms with Crippen LogP contribution in [0.4, 0.5) is 26.3 Å². The lowest BCUT2D eigenvalue weighted by Crippen LogP contribution is -2.40. The fourth-order valence-electron chi connectivity index (χ4n) is 4.93. The van der Waals surface area contributed by atoms with Crippen LogP contribution in [0.1, 0.15) is 41.0 Å². The summed E-state index contributed by atoms with van der Waals surface area (Å²) in [5.41, 5.74) is -0.0147. The minimum atomic E-state index is -4.43. The maximum atomic E-state index is 12.9. The first kappa shape index (κ1) is 23.6. The van der Waals surface area contributed by atoms with Gasteiger partial charge in [-0.15, -0.1) is 0 Å². The molecule has 2 aromatic rings. The van der Waals surface area contributed by atoms with Gasteiger partial charge in [0.2, 0.25) is 0 Å². The van der Waals surface area contributed by atoms with Crippen LogP contribution in [0, 0.1) is 17.8 Å². The van der Waals surface area contributed by atoms with Gasteiger partial charge < -0.3 is 5.11 Å². The van der Waals surface area contributed by atoms with Crippen LogP contribution in [0.15, 0.2) is 48.5 Å². The van der Waals surface area contributed by atoms with Crippen molar-refractivity contribution in [3.63, 3.8) is 0 Å². The van der Waals surface area contributed by atoms with Gasteiger partial charge in [-0.25, -0.2) is 0 Å². The van der Waals surface area contributed by atoms with E-state index in [0.29, 0.717) is 38.0 Å². The molecule has 1 N–H and O–H groups in total. The molecule has 33 heavy (non-hydrogen) atoms. The van der Waals surface area contributed by atoms with Gasteiger partial charge in [0.1, 0.15) is 0 Å². The Kier molecular flexibility index (Phi) is 6.20. The molecule has 2 fully saturated rings. The number of carboxylic acids is 1. The molecule has 4 rings (SSSR count). The molecule has 0 spiro atoms. The van der Waals surface area contributed by atoms with Crippen molar-refractivity contribution in [1.82, 2.24) is 4.90 Å². The van der Waals surface area contributed by atoms with Crippen LogP contribution >= 0.6 is 0 Å². The predicted molar refractivity (Wildman–Crippen MR) is 108 cm³/mol. The van der Waals surface area contributed by atoms with E-state index in [4.69, 9.17) is 0 Å². The van der Waals surface area contributed by atoms with E-state index in [9.17, 15) is 36.2 Å². The van der Waals surface area contributed by atoms with Crippen molar-refractivity contribution in [2.24, 2.45) is 17.8 Å². The van der Waals surface area contributed by atoms with Crippen LogP contribution in [0.2, 0.25) is 0 Å². The molecule has 0 radical (unpaired) electrons. The molecule has 3 nitrogen and oxygen atoms in total. The van der Waals surface area contributed by atoms with E-state index in [1.165, 1.54) is 24.3 Å². The summed E-state index contributed by atoms with van der Waals surface area (Å²) in [6.07, 6.45) is -7.59. The quantitative estimate of drug-likeness (QED) is 0.540. The Hall–Kier alpha value is -2.55. The lowest BCUT2D eigenvalue weighted by molar-refractivity contribution is -0.139. The first-order chi connectivity index (χ1) is 15.4. The van der Waals surface area contributed by atoms with Crippen LogP contribution < -0.4 is 0 Å². The Morgan fingerprint density at radius 2 is 1.39 bits per heavy atom. The highest BCUT2D eigenvalue weighted by Gasteiger charge is 2.49. The Morgan fingerprint density at radius 3 is 1.88 bits per heavy atom. The van der Waals surface area contributed by atoms with Crippen LogP contribution in [0.3, 0.4) is 0 Å². The molecule has 1 unspecified atom stereocenters. The molecular weight excluding hydrogens is 448 g/mol. The Labute approximate surface area is 187 Å². The summed E-state index contributed by atoms with van der Waals surface area (Å²) in [5.74, 6) is -1.27. The molecule has 9 heteroatoms. The number of carboxylic acid groups (broad SMARTS) is 1. The highest BCUT2D eigenvalue weighted by atomic mass is 19.4. The normalized spacial score (nSPS) is 26.2. The summed E-state index contributed by atoms with van der Waals surface area (Å²) < 4.78 is 77.3. The molecule has 1 saturated heterocycles. The maximum Gasteiger partial charge on any atom is 0.416 e. The third-order valence-corrected chi connectivity index (χ3v) is 6.72. The van der Waals surface area contributed by atoms with E-state index in [1.807, 2.05) is 0 Å². The molecule has 2 aromatic carbocycles. The Morgan fingerprint density at radius 1 is 0.848 bits per heavy atom. The van der Waals surface area contributed by atoms with Gasteiger partial charge in [0.05, 0.1) is 17.0 Å². The van der Waals surface area contributed by atoms with Crippen LogP contribution in [0.25, 0.3) is 0 Å². The molecule has 178 valence electrons. The number of carbonyl (C=O) groups is 1. The number of nitrogens with zero attached hydrogens (tertiary/aromatic N) is 1. The van der Waals surface area contributed by atoms with Crippen molar-refractivity contribution in [2.75, 3.05) is 13.1 Å². The highest BCUT2D eigenvalue weighted by molar-refractivity contribution is 5.73. The second-order valence-corrected chi connectivity index (χ2v) is 9.05. The first-order valence-corrected chi connectivity index (χ1v) is 10.7. The molecule has 1 aliphatic heterocycles. The molecule has 1 saturated carbocycles. The van der Waals surface area contributed by atoms with Crippen LogP contribution in [0.5, 0.6) is 0 Å². The molecule has 2 aliphatic rings. The number of aliphatic carboxylic acids is 1. The Bertz CT molecular complexity index is 984. The number of hydrogen-bond donors (Lipinski definition) is 1. The summed E-state index contributed by atoms with van der Waals surface area (Å²) in [6.45, 7) is 1.52. The van der Waals surface area contributed by atoms with E-state index >= 15 is 0 Å². The van der Waals surface area contributed by atoms with Crippen molar-refractivity contribution in [1.29, 1.82) is 0 Å². The molecule has 1 heterocycles. The summed E-state index contributed by atoms with van der Waals surface area (Å²) in [6, 6.07) is 9.96. The van der Waals surface area contributed by atoms with E-state index in [0.717, 1.165) is 29.8 Å². The summed E-state index contributed by atoms with van der Waals surface area (Å²) in [4.78, 5) is 13.4. The monoisotopic (exact) mass is 471 g/mol. The van der Waals surface area contributed by atoms with Crippen molar-refractivity contribution >= 4 is 5.97 Å². The number of halogens is 6. The SMILES string of the molecule is O=C(O)C1C[C@H]1[C@H]1C[C@@H](c2ccc(C(F)(F)F)cc2)CN(Cc2ccc(C(F)(F)F)cc2)C1. The van der Waals surface area contributed by atoms with E-state index in [1.54, 1.807) is 0 Å². The van der Waals surface area contributed by atoms with Crippen molar-refractivity contribution < 1.29 is 36.2 Å². The lowest BCUT2D eigenvalue weighted by Gasteiger charge is -2.38. The minimum absolute atomic E-state index is 0.00912. The average Bonchev–Trinajstić information content (AvgIpc) is 3.54. The van der Waals surface area contributed by atoms with E-state index < -0.39 is 35.4 Å². The zero-order chi connectivity index (χ0) is 24.0. The second kappa shape index (κ2) is 8.66. The van der Waals surface area contributed by atoms with Gasteiger partial charge in [-0.2, -0.15) is 26.3 Å². The van der Waals surface area contributed by atoms with Crippen LogP contribution in [-0.4, -0.2) is 29.1 Å². The fourth-order valence-corrected chi connectivity index (χ4v) is 4.93. The summed E-state index contributed by atoms with van der Waals surface area (Å²) >= 11 is 0. The number of hydrogen-bond acceptors (Lipinski definition) is 2. The number of rotatable bonds is 5. The van der Waals surface area contributed by atoms with E-state index in [2.05, 4.69) is 4.90 Å². The van der Waals surface area contributed by atoms with Gasteiger partial charge in [-0.3, -0.25) is 9.69 Å². The number of alkyl halides is 6. The largest absolute Gasteiger partial charge is 0.481 e. The predicted octanol–water partition coefficient (Wildman–Crippen LogP) is 6.05. The number of piperidine rings is 1. The van der Waals surface area contributed by atoms with Crippen molar-refractivity contribution in [3.8, 4) is 0 Å². The molecule has 0 amide bonds. The summed E-state index contributed by atoms with van der Waals surface area (Å²) in [5, 5.41) is 9.32. The Balaban J connectivity index is 1.52. The standard InChI is InChI=1S/C24H23F6NO2/c25-23(26,27)18-5-1-14(2-6-18)11-31-12-16(9-17(13-31)20-10-21(20)22(32)33)15-3-7-19(8-4-15)24(28,29)30/h1-8,16-17,20-21H,9-13H2,(H,32,33)/t16-,17+,20+,21?/m1/s1. The topological polar surface area (TPSA) is 40.5 Å².